The summed E-state index contributed by atoms with van der Waals surface area (Å²) in [5.74, 6) is 0.919. The fourth-order valence-electron chi connectivity index (χ4n) is 3.36. The molecule has 2 aromatic carbocycles. The number of hydrogen-bond acceptors (Lipinski definition) is 8. The van der Waals surface area contributed by atoms with Crippen molar-refractivity contribution in [1.82, 2.24) is 0 Å². The monoisotopic (exact) mass is 528 g/mol. The van der Waals surface area contributed by atoms with Gasteiger partial charge < -0.3 is 28.4 Å². The molecule has 0 amide bonds. The highest BCUT2D eigenvalue weighted by Crippen LogP contribution is 2.45. The maximum atomic E-state index is 12.2. The minimum atomic E-state index is -0.559. The van der Waals surface area contributed by atoms with E-state index >= 15 is 0 Å². The highest BCUT2D eigenvalue weighted by atomic mass is 16.6. The fourth-order valence-corrected chi connectivity index (χ4v) is 3.36. The van der Waals surface area contributed by atoms with Crippen LogP contribution in [0, 0.1) is 0 Å². The van der Waals surface area contributed by atoms with Crippen LogP contribution < -0.4 is 28.4 Å². The number of ether oxygens (including phenoxy) is 6. The standard InChI is InChI=1S/C29H36O8.CH4/c1-9-32-24-20(13-15-22(26(24)34-11-3)36-28(30)18(5)6)17-21-14-16-23(37-29(31)19(7)8)27(35-12-4)25(21)33-10-2;/h13-16H,5,7,9-12,17H2,1-4,6,8H3;1H4. The SMILES string of the molecule is C.C=C(C)C(=O)Oc1ccc(Cc2ccc(OC(=O)C(=C)C)c(OCC)c2OCC)c(OCC)c1OCC. The third-order valence-corrected chi connectivity index (χ3v) is 4.95. The largest absolute Gasteiger partial charge is 0.490 e. The summed E-state index contributed by atoms with van der Waals surface area (Å²) in [6.45, 7) is 19.2. The first kappa shape index (κ1) is 32.1. The quantitative estimate of drug-likeness (QED) is 0.157. The van der Waals surface area contributed by atoms with E-state index in [4.69, 9.17) is 28.4 Å². The number of rotatable bonds is 14. The summed E-state index contributed by atoms with van der Waals surface area (Å²) >= 11 is 0. The lowest BCUT2D eigenvalue weighted by Gasteiger charge is -2.21. The van der Waals surface area contributed by atoms with Crippen molar-refractivity contribution in [1.29, 1.82) is 0 Å². The zero-order valence-corrected chi connectivity index (χ0v) is 22.5. The number of esters is 2. The Morgan fingerprint density at radius 1 is 0.605 bits per heavy atom. The Morgan fingerprint density at radius 3 is 1.21 bits per heavy atom. The summed E-state index contributed by atoms with van der Waals surface area (Å²) in [6.07, 6.45) is 0.369. The van der Waals surface area contributed by atoms with Crippen LogP contribution in [-0.2, 0) is 16.0 Å². The highest BCUT2D eigenvalue weighted by Gasteiger charge is 2.24. The van der Waals surface area contributed by atoms with Crippen LogP contribution in [0.2, 0.25) is 0 Å². The van der Waals surface area contributed by atoms with Gasteiger partial charge in [0.2, 0.25) is 11.5 Å². The molecule has 0 radical (unpaired) electrons. The Labute approximate surface area is 226 Å². The zero-order valence-electron chi connectivity index (χ0n) is 22.5. The van der Waals surface area contributed by atoms with Gasteiger partial charge in [-0.05, 0) is 53.7 Å². The molecule has 0 saturated heterocycles. The molecule has 8 nitrogen and oxygen atoms in total. The van der Waals surface area contributed by atoms with Crippen molar-refractivity contribution in [2.24, 2.45) is 0 Å². The number of benzene rings is 2. The molecule has 2 rings (SSSR count). The van der Waals surface area contributed by atoms with E-state index in [-0.39, 0.29) is 30.1 Å². The lowest BCUT2D eigenvalue weighted by molar-refractivity contribution is -0.131. The fraction of sp³-hybridized carbons (Fsp3) is 0.400. The number of carbonyl (C=O) groups is 2. The average Bonchev–Trinajstić information content (AvgIpc) is 2.85. The van der Waals surface area contributed by atoms with Gasteiger partial charge in [0.05, 0.1) is 26.4 Å². The highest BCUT2D eigenvalue weighted by molar-refractivity contribution is 5.90. The normalized spacial score (nSPS) is 10.1. The lowest BCUT2D eigenvalue weighted by atomic mass is 10.0. The van der Waals surface area contributed by atoms with Crippen molar-refractivity contribution in [3.05, 3.63) is 59.7 Å². The Balaban J connectivity index is 0.00000722. The van der Waals surface area contributed by atoms with E-state index < -0.39 is 11.9 Å². The van der Waals surface area contributed by atoms with Gasteiger partial charge in [-0.3, -0.25) is 0 Å². The molecule has 0 saturated carbocycles. The van der Waals surface area contributed by atoms with Crippen LogP contribution >= 0.6 is 0 Å². The molecule has 0 aromatic heterocycles. The molecule has 2 aromatic rings. The van der Waals surface area contributed by atoms with Crippen molar-refractivity contribution >= 4 is 11.9 Å². The average molecular weight is 529 g/mol. The Bertz CT molecular complexity index is 1060. The first-order valence-electron chi connectivity index (χ1n) is 12.3. The van der Waals surface area contributed by atoms with Crippen molar-refractivity contribution in [2.75, 3.05) is 26.4 Å². The molecular weight excluding hydrogens is 488 g/mol. The molecule has 0 N–H and O–H groups in total. The molecule has 0 unspecified atom stereocenters. The smallest absolute Gasteiger partial charge is 0.338 e. The second kappa shape index (κ2) is 15.3. The molecule has 0 heterocycles. The minimum Gasteiger partial charge on any atom is -0.490 e. The lowest BCUT2D eigenvalue weighted by Crippen LogP contribution is -2.12. The van der Waals surface area contributed by atoms with E-state index in [9.17, 15) is 9.59 Å². The maximum absolute atomic E-state index is 12.2. The third kappa shape index (κ3) is 8.03. The van der Waals surface area contributed by atoms with Crippen molar-refractivity contribution in [2.45, 2.75) is 55.4 Å². The van der Waals surface area contributed by atoms with Gasteiger partial charge in [0.25, 0.3) is 0 Å². The summed E-state index contributed by atoms with van der Waals surface area (Å²) in [4.78, 5) is 24.4. The van der Waals surface area contributed by atoms with Gasteiger partial charge in [-0.15, -0.1) is 0 Å². The second-order valence-electron chi connectivity index (χ2n) is 8.01. The van der Waals surface area contributed by atoms with Crippen molar-refractivity contribution in [3.63, 3.8) is 0 Å². The molecule has 8 heteroatoms. The van der Waals surface area contributed by atoms with E-state index in [1.54, 1.807) is 38.1 Å². The van der Waals surface area contributed by atoms with Crippen molar-refractivity contribution in [3.8, 4) is 34.5 Å². The molecule has 0 aliphatic carbocycles. The predicted molar refractivity (Wildman–Crippen MR) is 148 cm³/mol. The molecule has 0 aliphatic heterocycles. The van der Waals surface area contributed by atoms with E-state index in [2.05, 4.69) is 13.2 Å². The molecule has 0 aliphatic rings. The zero-order chi connectivity index (χ0) is 27.5. The first-order chi connectivity index (χ1) is 17.7. The van der Waals surface area contributed by atoms with E-state index in [0.717, 1.165) is 11.1 Å². The molecule has 0 spiro atoms. The Hall–Kier alpha value is -3.94. The van der Waals surface area contributed by atoms with Gasteiger partial charge >= 0.3 is 11.9 Å². The summed E-state index contributed by atoms with van der Waals surface area (Å²) < 4.78 is 34.6. The van der Waals surface area contributed by atoms with Crippen LogP contribution in [-0.4, -0.2) is 38.4 Å². The summed E-state index contributed by atoms with van der Waals surface area (Å²) in [6, 6.07) is 6.94. The molecular formula is C30H40O8. The minimum absolute atomic E-state index is 0. The third-order valence-electron chi connectivity index (χ3n) is 4.95. The predicted octanol–water partition coefficient (Wildman–Crippen LogP) is 6.47. The van der Waals surface area contributed by atoms with Gasteiger partial charge in [0.15, 0.2) is 23.0 Å². The molecule has 208 valence electrons. The second-order valence-corrected chi connectivity index (χ2v) is 8.01. The van der Waals surface area contributed by atoms with Crippen LogP contribution in [0.3, 0.4) is 0 Å². The molecule has 0 bridgehead atoms. The van der Waals surface area contributed by atoms with Gasteiger partial charge in [0, 0.05) is 28.7 Å². The van der Waals surface area contributed by atoms with E-state index in [1.807, 2.05) is 27.7 Å². The number of hydrogen-bond donors (Lipinski definition) is 0. The molecule has 0 atom stereocenters. The molecule has 0 fully saturated rings. The maximum Gasteiger partial charge on any atom is 0.338 e. The van der Waals surface area contributed by atoms with Crippen molar-refractivity contribution < 1.29 is 38.0 Å². The van der Waals surface area contributed by atoms with E-state index in [1.165, 1.54) is 0 Å². The van der Waals surface area contributed by atoms with Gasteiger partial charge in [-0.25, -0.2) is 9.59 Å². The molecule has 38 heavy (non-hydrogen) atoms. The van der Waals surface area contributed by atoms with Gasteiger partial charge in [-0.1, -0.05) is 32.7 Å². The van der Waals surface area contributed by atoms with Gasteiger partial charge in [0.1, 0.15) is 0 Å². The first-order valence-corrected chi connectivity index (χ1v) is 12.3. The van der Waals surface area contributed by atoms with Crippen LogP contribution in [0.25, 0.3) is 0 Å². The van der Waals surface area contributed by atoms with Crippen LogP contribution in [0.1, 0.15) is 60.1 Å². The Morgan fingerprint density at radius 2 is 0.921 bits per heavy atom. The van der Waals surface area contributed by atoms with E-state index in [0.29, 0.717) is 55.8 Å². The Kier molecular flexibility index (Phi) is 13.0. The van der Waals surface area contributed by atoms with Crippen LogP contribution in [0.5, 0.6) is 34.5 Å². The summed E-state index contributed by atoms with van der Waals surface area (Å²) in [5, 5.41) is 0. The van der Waals surface area contributed by atoms with Gasteiger partial charge in [-0.2, -0.15) is 0 Å². The van der Waals surface area contributed by atoms with Crippen LogP contribution in [0.15, 0.2) is 48.6 Å². The topological polar surface area (TPSA) is 89.5 Å². The summed E-state index contributed by atoms with van der Waals surface area (Å²) in [5.41, 5.74) is 2.08. The van der Waals surface area contributed by atoms with Crippen LogP contribution in [0.4, 0.5) is 0 Å². The summed E-state index contributed by atoms with van der Waals surface area (Å²) in [7, 11) is 0. The number of carbonyl (C=O) groups excluding carboxylic acids is 2.